The molecule has 0 heterocycles. The number of carbonyl (C=O) groups is 2. The highest BCUT2D eigenvalue weighted by molar-refractivity contribution is 7.92. The molecule has 0 aliphatic heterocycles. The molecule has 8 nitrogen and oxygen atoms in total. The minimum Gasteiger partial charge on any atom is -0.495 e. The number of methoxy groups -OCH3 is 1. The minimum absolute atomic E-state index is 0.0444. The van der Waals surface area contributed by atoms with Crippen LogP contribution in [0, 0.1) is 0 Å². The molecule has 180 valence electrons. The van der Waals surface area contributed by atoms with Crippen molar-refractivity contribution in [3.05, 3.63) is 59.1 Å². The van der Waals surface area contributed by atoms with Gasteiger partial charge in [0.15, 0.2) is 0 Å². The molecule has 0 fully saturated rings. The molecule has 2 aromatic carbocycles. The molecular formula is C23H30ClN3O5S. The number of ether oxygens (including phenoxy) is 1. The van der Waals surface area contributed by atoms with E-state index in [9.17, 15) is 18.0 Å². The fourth-order valence-electron chi connectivity index (χ4n) is 3.22. The van der Waals surface area contributed by atoms with E-state index in [0.29, 0.717) is 22.9 Å². The van der Waals surface area contributed by atoms with Crippen LogP contribution >= 0.6 is 11.6 Å². The smallest absolute Gasteiger partial charge is 0.244 e. The van der Waals surface area contributed by atoms with Gasteiger partial charge in [0, 0.05) is 18.1 Å². The number of nitrogens with one attached hydrogen (secondary N) is 1. The summed E-state index contributed by atoms with van der Waals surface area (Å²) in [5.41, 5.74) is 0.877. The van der Waals surface area contributed by atoms with E-state index < -0.39 is 28.5 Å². The summed E-state index contributed by atoms with van der Waals surface area (Å²) in [6, 6.07) is 12.7. The van der Waals surface area contributed by atoms with Crippen molar-refractivity contribution in [3.63, 3.8) is 0 Å². The Balaban J connectivity index is 2.42. The van der Waals surface area contributed by atoms with Gasteiger partial charge in [-0.05, 0) is 37.1 Å². The van der Waals surface area contributed by atoms with Crippen LogP contribution in [0.2, 0.25) is 5.02 Å². The Morgan fingerprint density at radius 1 is 1.12 bits per heavy atom. The van der Waals surface area contributed by atoms with Gasteiger partial charge in [0.05, 0.1) is 19.1 Å². The number of nitrogens with zero attached hydrogens (tertiary/aromatic N) is 2. The van der Waals surface area contributed by atoms with Crippen molar-refractivity contribution in [2.45, 2.75) is 32.9 Å². The van der Waals surface area contributed by atoms with Gasteiger partial charge in [0.2, 0.25) is 21.8 Å². The maximum atomic E-state index is 13.5. The lowest BCUT2D eigenvalue weighted by Gasteiger charge is -2.32. The molecule has 33 heavy (non-hydrogen) atoms. The Labute approximate surface area is 200 Å². The maximum Gasteiger partial charge on any atom is 0.244 e. The fraction of sp³-hybridized carbons (Fsp3) is 0.391. The molecule has 0 saturated heterocycles. The summed E-state index contributed by atoms with van der Waals surface area (Å²) in [5, 5.41) is 3.23. The molecule has 0 bridgehead atoms. The molecule has 2 amide bonds. The van der Waals surface area contributed by atoms with E-state index in [-0.39, 0.29) is 18.1 Å². The topological polar surface area (TPSA) is 96.0 Å². The Hall–Kier alpha value is -2.78. The van der Waals surface area contributed by atoms with Gasteiger partial charge in [-0.2, -0.15) is 0 Å². The van der Waals surface area contributed by atoms with Crippen LogP contribution < -0.4 is 14.4 Å². The first-order valence-corrected chi connectivity index (χ1v) is 12.7. The van der Waals surface area contributed by atoms with Gasteiger partial charge in [0.1, 0.15) is 18.3 Å². The molecular weight excluding hydrogens is 466 g/mol. The number of para-hydroxylation sites is 2. The van der Waals surface area contributed by atoms with Crippen LogP contribution in [0.1, 0.15) is 25.8 Å². The molecule has 0 aliphatic carbocycles. The Morgan fingerprint density at radius 3 is 2.36 bits per heavy atom. The number of hydrogen-bond acceptors (Lipinski definition) is 5. The average molecular weight is 496 g/mol. The number of carbonyl (C=O) groups excluding carboxylic acids is 2. The number of sulfonamides is 1. The van der Waals surface area contributed by atoms with Crippen LogP contribution in [0.3, 0.4) is 0 Å². The molecule has 1 atom stereocenters. The molecule has 0 saturated carbocycles. The first kappa shape index (κ1) is 26.5. The third-order valence-corrected chi connectivity index (χ3v) is 6.54. The predicted octanol–water partition coefficient (Wildman–Crippen LogP) is 3.06. The molecule has 0 radical (unpaired) electrons. The highest BCUT2D eigenvalue weighted by Crippen LogP contribution is 2.29. The Bertz CT molecular complexity index is 1080. The fourth-order valence-corrected chi connectivity index (χ4v) is 4.27. The SMILES string of the molecule is CCCNC(=O)C(C)N(Cc1ccccc1Cl)C(=O)CN(c1ccccc1OC)S(C)(=O)=O. The second-order valence-corrected chi connectivity index (χ2v) is 9.84. The van der Waals surface area contributed by atoms with Gasteiger partial charge in [-0.1, -0.05) is 48.9 Å². The van der Waals surface area contributed by atoms with Gasteiger partial charge in [-0.25, -0.2) is 8.42 Å². The lowest BCUT2D eigenvalue weighted by molar-refractivity contribution is -0.139. The summed E-state index contributed by atoms with van der Waals surface area (Å²) in [6.07, 6.45) is 1.76. The van der Waals surface area contributed by atoms with Crippen molar-refractivity contribution in [1.29, 1.82) is 0 Å². The number of amides is 2. The molecule has 2 aromatic rings. The third-order valence-electron chi connectivity index (χ3n) is 5.05. The number of anilines is 1. The number of halogens is 1. The van der Waals surface area contributed by atoms with Gasteiger partial charge in [-0.15, -0.1) is 0 Å². The molecule has 0 spiro atoms. The van der Waals surface area contributed by atoms with E-state index in [1.807, 2.05) is 6.92 Å². The van der Waals surface area contributed by atoms with Crippen molar-refractivity contribution < 1.29 is 22.7 Å². The molecule has 2 rings (SSSR count). The zero-order valence-electron chi connectivity index (χ0n) is 19.2. The molecule has 0 aromatic heterocycles. The number of hydrogen-bond donors (Lipinski definition) is 1. The zero-order chi connectivity index (χ0) is 24.6. The predicted molar refractivity (Wildman–Crippen MR) is 130 cm³/mol. The van der Waals surface area contributed by atoms with Gasteiger partial charge in [0.25, 0.3) is 0 Å². The summed E-state index contributed by atoms with van der Waals surface area (Å²) < 4.78 is 31.5. The Morgan fingerprint density at radius 2 is 1.76 bits per heavy atom. The summed E-state index contributed by atoms with van der Waals surface area (Å²) in [7, 11) is -2.42. The Kier molecular flexibility index (Phi) is 9.55. The van der Waals surface area contributed by atoms with E-state index in [4.69, 9.17) is 16.3 Å². The third kappa shape index (κ3) is 7.10. The van der Waals surface area contributed by atoms with Crippen LogP contribution in [-0.4, -0.2) is 57.6 Å². The van der Waals surface area contributed by atoms with E-state index >= 15 is 0 Å². The summed E-state index contributed by atoms with van der Waals surface area (Å²) in [4.78, 5) is 27.5. The average Bonchev–Trinajstić information content (AvgIpc) is 2.79. The molecule has 0 aliphatic rings. The van der Waals surface area contributed by atoms with Crippen LogP contribution in [0.25, 0.3) is 0 Å². The van der Waals surface area contributed by atoms with Crippen molar-refractivity contribution in [3.8, 4) is 5.75 Å². The van der Waals surface area contributed by atoms with E-state index in [1.54, 1.807) is 55.5 Å². The molecule has 1 N–H and O–H groups in total. The number of benzene rings is 2. The van der Waals surface area contributed by atoms with Gasteiger partial charge >= 0.3 is 0 Å². The van der Waals surface area contributed by atoms with Crippen molar-refractivity contribution in [2.75, 3.05) is 30.8 Å². The summed E-state index contributed by atoms with van der Waals surface area (Å²) in [5.74, 6) is -0.576. The largest absolute Gasteiger partial charge is 0.495 e. The first-order valence-electron chi connectivity index (χ1n) is 10.5. The minimum atomic E-state index is -3.84. The summed E-state index contributed by atoms with van der Waals surface area (Å²) >= 11 is 6.29. The van der Waals surface area contributed by atoms with E-state index in [2.05, 4.69) is 5.32 Å². The van der Waals surface area contributed by atoms with Crippen molar-refractivity contribution in [1.82, 2.24) is 10.2 Å². The van der Waals surface area contributed by atoms with Crippen LogP contribution in [-0.2, 0) is 26.2 Å². The van der Waals surface area contributed by atoms with Gasteiger partial charge < -0.3 is 15.0 Å². The monoisotopic (exact) mass is 495 g/mol. The quantitative estimate of drug-likeness (QED) is 0.517. The van der Waals surface area contributed by atoms with E-state index in [1.165, 1.54) is 12.0 Å². The number of rotatable bonds is 11. The van der Waals surface area contributed by atoms with Crippen molar-refractivity contribution >= 4 is 39.1 Å². The second kappa shape index (κ2) is 11.9. The normalized spacial score (nSPS) is 12.0. The van der Waals surface area contributed by atoms with Crippen LogP contribution in [0.4, 0.5) is 5.69 Å². The first-order chi connectivity index (χ1) is 15.6. The van der Waals surface area contributed by atoms with Crippen molar-refractivity contribution in [2.24, 2.45) is 0 Å². The molecule has 1 unspecified atom stereocenters. The lowest BCUT2D eigenvalue weighted by atomic mass is 10.1. The molecule has 10 heteroatoms. The van der Waals surface area contributed by atoms with E-state index in [0.717, 1.165) is 17.0 Å². The maximum absolute atomic E-state index is 13.5. The highest BCUT2D eigenvalue weighted by Gasteiger charge is 2.31. The van der Waals surface area contributed by atoms with Crippen LogP contribution in [0.15, 0.2) is 48.5 Å². The van der Waals surface area contributed by atoms with Crippen LogP contribution in [0.5, 0.6) is 5.75 Å². The zero-order valence-corrected chi connectivity index (χ0v) is 20.8. The highest BCUT2D eigenvalue weighted by atomic mass is 35.5. The second-order valence-electron chi connectivity index (χ2n) is 7.52. The lowest BCUT2D eigenvalue weighted by Crippen LogP contribution is -2.51. The summed E-state index contributed by atoms with van der Waals surface area (Å²) in [6.45, 7) is 3.54. The standard InChI is InChI=1S/C23H30ClN3O5S/c1-5-14-25-23(29)17(2)26(15-18-10-6-7-11-19(18)24)22(28)16-27(33(4,30)31)20-12-8-9-13-21(20)32-3/h6-13,17H,5,14-16H2,1-4H3,(H,25,29). The van der Waals surface area contributed by atoms with Gasteiger partial charge in [-0.3, -0.25) is 13.9 Å².